The highest BCUT2D eigenvalue weighted by molar-refractivity contribution is 6.30. The Morgan fingerprint density at radius 3 is 2.50 bits per heavy atom. The number of hydrogen-bond donors (Lipinski definition) is 1. The van der Waals surface area contributed by atoms with Crippen molar-refractivity contribution in [2.24, 2.45) is 0 Å². The Bertz CT molecular complexity index is 633. The van der Waals surface area contributed by atoms with Gasteiger partial charge in [0.05, 0.1) is 12.1 Å². The van der Waals surface area contributed by atoms with Gasteiger partial charge in [0.2, 0.25) is 0 Å². The summed E-state index contributed by atoms with van der Waals surface area (Å²) in [6, 6.07) is 11.1. The van der Waals surface area contributed by atoms with Crippen molar-refractivity contribution in [3.05, 3.63) is 64.9 Å². The van der Waals surface area contributed by atoms with Gasteiger partial charge in [0, 0.05) is 24.5 Å². The van der Waals surface area contributed by atoms with Crippen LogP contribution in [-0.2, 0) is 0 Å². The first-order valence-corrected chi connectivity index (χ1v) is 7.55. The van der Waals surface area contributed by atoms with Gasteiger partial charge in [-0.15, -0.1) is 0 Å². The van der Waals surface area contributed by atoms with Gasteiger partial charge >= 0.3 is 6.03 Å². The number of rotatable bonds is 4. The molecule has 1 N–H and O–H groups in total. The second-order valence-corrected chi connectivity index (χ2v) is 5.73. The summed E-state index contributed by atoms with van der Waals surface area (Å²) in [7, 11) is 1.78. The van der Waals surface area contributed by atoms with E-state index in [-0.39, 0.29) is 18.1 Å². The van der Waals surface area contributed by atoms with Crippen LogP contribution in [0.25, 0.3) is 0 Å². The minimum atomic E-state index is -0.128. The zero-order valence-corrected chi connectivity index (χ0v) is 13.7. The van der Waals surface area contributed by atoms with Gasteiger partial charge in [-0.1, -0.05) is 23.7 Å². The summed E-state index contributed by atoms with van der Waals surface area (Å²) in [5.74, 6) is 0. The molecule has 0 aliphatic carbocycles. The number of halogens is 1. The Morgan fingerprint density at radius 1 is 1.18 bits per heavy atom. The maximum atomic E-state index is 12.4. The summed E-state index contributed by atoms with van der Waals surface area (Å²) < 4.78 is 0. The van der Waals surface area contributed by atoms with E-state index in [0.29, 0.717) is 5.02 Å². The SMILES string of the molecule is C[C@@H](NC(=O)N(C)[C@@H](C)c1cccc(Cl)c1)c1ccncc1. The number of pyridine rings is 1. The summed E-state index contributed by atoms with van der Waals surface area (Å²) in [5, 5.41) is 3.66. The van der Waals surface area contributed by atoms with Crippen LogP contribution in [0.3, 0.4) is 0 Å². The van der Waals surface area contributed by atoms with Crippen LogP contribution >= 0.6 is 11.6 Å². The molecule has 0 fully saturated rings. The molecule has 0 unspecified atom stereocenters. The lowest BCUT2D eigenvalue weighted by Crippen LogP contribution is -2.39. The van der Waals surface area contributed by atoms with Gasteiger partial charge in [0.1, 0.15) is 0 Å². The lowest BCUT2D eigenvalue weighted by molar-refractivity contribution is 0.191. The van der Waals surface area contributed by atoms with E-state index in [2.05, 4.69) is 10.3 Å². The minimum Gasteiger partial charge on any atom is -0.331 e. The van der Waals surface area contributed by atoms with Crippen molar-refractivity contribution in [2.75, 3.05) is 7.05 Å². The van der Waals surface area contributed by atoms with E-state index in [1.807, 2.05) is 50.2 Å². The Hall–Kier alpha value is -2.07. The highest BCUT2D eigenvalue weighted by Crippen LogP contribution is 2.22. The number of carbonyl (C=O) groups is 1. The van der Waals surface area contributed by atoms with Gasteiger partial charge < -0.3 is 10.2 Å². The number of hydrogen-bond acceptors (Lipinski definition) is 2. The Labute approximate surface area is 136 Å². The number of urea groups is 1. The van der Waals surface area contributed by atoms with Crippen LogP contribution in [0.2, 0.25) is 5.02 Å². The third-order valence-electron chi connectivity index (χ3n) is 3.78. The van der Waals surface area contributed by atoms with Gasteiger partial charge in [-0.3, -0.25) is 4.98 Å². The molecular formula is C17H20ClN3O. The summed E-state index contributed by atoms with van der Waals surface area (Å²) in [6.45, 7) is 3.92. The molecule has 2 rings (SSSR count). The molecule has 0 radical (unpaired) electrons. The van der Waals surface area contributed by atoms with Crippen LogP contribution in [0.5, 0.6) is 0 Å². The van der Waals surface area contributed by atoms with Crippen molar-refractivity contribution in [1.29, 1.82) is 0 Å². The molecule has 2 amide bonds. The van der Waals surface area contributed by atoms with Crippen molar-refractivity contribution >= 4 is 17.6 Å². The lowest BCUT2D eigenvalue weighted by Gasteiger charge is -2.27. The predicted molar refractivity (Wildman–Crippen MR) is 88.8 cm³/mol. The van der Waals surface area contributed by atoms with Crippen LogP contribution in [0.1, 0.15) is 37.1 Å². The molecule has 1 heterocycles. The molecular weight excluding hydrogens is 298 g/mol. The Balaban J connectivity index is 2.02. The molecule has 5 heteroatoms. The standard InChI is InChI=1S/C17H20ClN3O/c1-12(14-7-9-19-10-8-14)20-17(22)21(3)13(2)15-5-4-6-16(18)11-15/h4-13H,1-3H3,(H,20,22)/t12-,13+/m1/s1. The van der Waals surface area contributed by atoms with E-state index >= 15 is 0 Å². The van der Waals surface area contributed by atoms with Gasteiger partial charge in [-0.2, -0.15) is 0 Å². The van der Waals surface area contributed by atoms with Crippen molar-refractivity contribution in [3.63, 3.8) is 0 Å². The van der Waals surface area contributed by atoms with E-state index in [9.17, 15) is 4.79 Å². The highest BCUT2D eigenvalue weighted by atomic mass is 35.5. The first-order chi connectivity index (χ1) is 10.5. The van der Waals surface area contributed by atoms with Crippen LogP contribution in [-0.4, -0.2) is 23.0 Å². The monoisotopic (exact) mass is 317 g/mol. The van der Waals surface area contributed by atoms with E-state index in [0.717, 1.165) is 11.1 Å². The normalized spacial score (nSPS) is 13.3. The van der Waals surface area contributed by atoms with Crippen molar-refractivity contribution < 1.29 is 4.79 Å². The molecule has 0 aliphatic heterocycles. The van der Waals surface area contributed by atoms with Crippen molar-refractivity contribution in [1.82, 2.24) is 15.2 Å². The fourth-order valence-corrected chi connectivity index (χ4v) is 2.39. The number of nitrogens with one attached hydrogen (secondary N) is 1. The van der Waals surface area contributed by atoms with Gasteiger partial charge in [-0.05, 0) is 49.2 Å². The van der Waals surface area contributed by atoms with E-state index < -0.39 is 0 Å². The zero-order chi connectivity index (χ0) is 16.1. The number of carbonyl (C=O) groups excluding carboxylic acids is 1. The summed E-state index contributed by atoms with van der Waals surface area (Å²) in [6.07, 6.45) is 3.44. The molecule has 1 aromatic carbocycles. The summed E-state index contributed by atoms with van der Waals surface area (Å²) >= 11 is 6.01. The van der Waals surface area contributed by atoms with Gasteiger partial charge in [0.25, 0.3) is 0 Å². The molecule has 0 saturated carbocycles. The second kappa shape index (κ2) is 7.27. The largest absolute Gasteiger partial charge is 0.331 e. The van der Waals surface area contributed by atoms with E-state index in [1.165, 1.54) is 0 Å². The van der Waals surface area contributed by atoms with E-state index in [1.54, 1.807) is 24.3 Å². The average Bonchev–Trinajstić information content (AvgIpc) is 2.54. The predicted octanol–water partition coefficient (Wildman–Crippen LogP) is 4.20. The number of amides is 2. The summed E-state index contributed by atoms with van der Waals surface area (Å²) in [4.78, 5) is 18.0. The van der Waals surface area contributed by atoms with Crippen molar-refractivity contribution in [2.45, 2.75) is 25.9 Å². The number of benzene rings is 1. The van der Waals surface area contributed by atoms with Crippen LogP contribution in [0, 0.1) is 0 Å². The van der Waals surface area contributed by atoms with Crippen LogP contribution in [0.15, 0.2) is 48.8 Å². The third kappa shape index (κ3) is 3.98. The highest BCUT2D eigenvalue weighted by Gasteiger charge is 2.19. The lowest BCUT2D eigenvalue weighted by atomic mass is 10.1. The molecule has 22 heavy (non-hydrogen) atoms. The molecule has 2 atom stereocenters. The molecule has 0 spiro atoms. The van der Waals surface area contributed by atoms with Gasteiger partial charge in [-0.25, -0.2) is 4.79 Å². The first-order valence-electron chi connectivity index (χ1n) is 7.17. The molecule has 0 saturated heterocycles. The Kier molecular flexibility index (Phi) is 5.39. The van der Waals surface area contributed by atoms with Crippen molar-refractivity contribution in [3.8, 4) is 0 Å². The molecule has 116 valence electrons. The van der Waals surface area contributed by atoms with Crippen LogP contribution in [0.4, 0.5) is 4.79 Å². The quantitative estimate of drug-likeness (QED) is 0.918. The first kappa shape index (κ1) is 16.3. The van der Waals surface area contributed by atoms with Crippen LogP contribution < -0.4 is 5.32 Å². The van der Waals surface area contributed by atoms with Gasteiger partial charge in [0.15, 0.2) is 0 Å². The molecule has 1 aromatic heterocycles. The molecule has 4 nitrogen and oxygen atoms in total. The summed E-state index contributed by atoms with van der Waals surface area (Å²) in [5.41, 5.74) is 2.02. The fourth-order valence-electron chi connectivity index (χ4n) is 2.19. The smallest absolute Gasteiger partial charge is 0.318 e. The second-order valence-electron chi connectivity index (χ2n) is 5.29. The fraction of sp³-hybridized carbons (Fsp3) is 0.294. The zero-order valence-electron chi connectivity index (χ0n) is 13.0. The van der Waals surface area contributed by atoms with E-state index in [4.69, 9.17) is 11.6 Å². The minimum absolute atomic E-state index is 0.0664. The number of aromatic nitrogens is 1. The third-order valence-corrected chi connectivity index (χ3v) is 4.01. The molecule has 0 bridgehead atoms. The molecule has 2 aromatic rings. The maximum absolute atomic E-state index is 12.4. The topological polar surface area (TPSA) is 45.2 Å². The number of nitrogens with zero attached hydrogens (tertiary/aromatic N) is 2. The molecule has 0 aliphatic rings. The average molecular weight is 318 g/mol. The maximum Gasteiger partial charge on any atom is 0.318 e. The Morgan fingerprint density at radius 2 is 1.86 bits per heavy atom.